The van der Waals surface area contributed by atoms with E-state index in [1.54, 1.807) is 6.92 Å². The molecule has 0 fully saturated rings. The van der Waals surface area contributed by atoms with E-state index < -0.39 is 6.10 Å². The maximum atomic E-state index is 9.41. The fourth-order valence-corrected chi connectivity index (χ4v) is 1.89. The van der Waals surface area contributed by atoms with Gasteiger partial charge in [0.05, 0.1) is 12.7 Å². The molecule has 0 amide bonds. The van der Waals surface area contributed by atoms with Crippen LogP contribution in [0.5, 0.6) is 6.01 Å². The third-order valence-electron chi connectivity index (χ3n) is 1.97. The average molecular weight is 278 g/mol. The van der Waals surface area contributed by atoms with E-state index in [2.05, 4.69) is 15.0 Å². The molecule has 1 aromatic heterocycles. The Hall–Kier alpha value is -0.590. The first kappa shape index (κ1) is 14.5. The van der Waals surface area contributed by atoms with E-state index >= 15 is 0 Å². The lowest BCUT2D eigenvalue weighted by molar-refractivity contribution is 0.196. The molecule has 2 atom stereocenters. The van der Waals surface area contributed by atoms with Crippen molar-refractivity contribution in [2.24, 2.45) is 0 Å². The van der Waals surface area contributed by atoms with Gasteiger partial charge in [-0.1, -0.05) is 25.6 Å². The monoisotopic (exact) mass is 277 g/mol. The molecule has 17 heavy (non-hydrogen) atoms. The molecule has 1 heterocycles. The summed E-state index contributed by atoms with van der Waals surface area (Å²) in [7, 11) is 0. The van der Waals surface area contributed by atoms with Gasteiger partial charge in [0.15, 0.2) is 5.16 Å². The molecule has 1 aromatic rings. The van der Waals surface area contributed by atoms with Gasteiger partial charge in [0.2, 0.25) is 5.28 Å². The van der Waals surface area contributed by atoms with E-state index in [9.17, 15) is 5.11 Å². The van der Waals surface area contributed by atoms with Gasteiger partial charge in [-0.15, -0.1) is 0 Å². The zero-order valence-electron chi connectivity index (χ0n) is 10.1. The molecule has 1 N–H and O–H groups in total. The highest BCUT2D eigenvalue weighted by molar-refractivity contribution is 7.99. The van der Waals surface area contributed by atoms with E-state index in [0.29, 0.717) is 11.8 Å². The Morgan fingerprint density at radius 1 is 1.35 bits per heavy atom. The minimum absolute atomic E-state index is 0.0208. The van der Waals surface area contributed by atoms with Gasteiger partial charge >= 0.3 is 6.01 Å². The zero-order chi connectivity index (χ0) is 12.8. The first-order valence-electron chi connectivity index (χ1n) is 5.42. The van der Waals surface area contributed by atoms with Crippen LogP contribution < -0.4 is 4.74 Å². The number of rotatable bonds is 6. The Bertz CT molecular complexity index is 365. The smallest absolute Gasteiger partial charge is 0.321 e. The lowest BCUT2D eigenvalue weighted by atomic mass is 10.3. The maximum Gasteiger partial charge on any atom is 0.321 e. The van der Waals surface area contributed by atoms with Crippen molar-refractivity contribution in [3.63, 3.8) is 0 Å². The summed E-state index contributed by atoms with van der Waals surface area (Å²) < 4.78 is 5.30. The summed E-state index contributed by atoms with van der Waals surface area (Å²) in [6.07, 6.45) is 0.422. The second kappa shape index (κ2) is 6.98. The number of ether oxygens (including phenoxy) is 1. The molecule has 0 saturated heterocycles. The number of halogens is 1. The van der Waals surface area contributed by atoms with Crippen molar-refractivity contribution >= 4 is 23.4 Å². The first-order chi connectivity index (χ1) is 8.02. The van der Waals surface area contributed by atoms with Crippen molar-refractivity contribution in [3.8, 4) is 6.01 Å². The van der Waals surface area contributed by atoms with Crippen molar-refractivity contribution < 1.29 is 9.84 Å². The molecule has 0 aliphatic carbocycles. The highest BCUT2D eigenvalue weighted by Gasteiger charge is 2.14. The highest BCUT2D eigenvalue weighted by atomic mass is 35.5. The summed E-state index contributed by atoms with van der Waals surface area (Å²) in [5.41, 5.74) is 0. The lowest BCUT2D eigenvalue weighted by Gasteiger charge is -2.12. The molecule has 5 nitrogen and oxygen atoms in total. The van der Waals surface area contributed by atoms with Crippen LogP contribution in [0.2, 0.25) is 5.28 Å². The molecule has 96 valence electrons. The molecule has 7 heteroatoms. The standard InChI is InChI=1S/C10H16ClN3O2S/c1-4-5-16-9-12-8(11)13-10(14-9)17-7(3)6(2)15/h6-7,15H,4-5H2,1-3H3. The number of hydrogen-bond acceptors (Lipinski definition) is 6. The van der Waals surface area contributed by atoms with Crippen LogP contribution >= 0.6 is 23.4 Å². The molecule has 0 aliphatic heterocycles. The minimum atomic E-state index is -0.449. The largest absolute Gasteiger partial charge is 0.463 e. The van der Waals surface area contributed by atoms with Gasteiger partial charge in [-0.05, 0) is 24.9 Å². The third kappa shape index (κ3) is 5.06. The molecule has 0 bridgehead atoms. The Labute approximate surface area is 110 Å². The summed E-state index contributed by atoms with van der Waals surface area (Å²) in [4.78, 5) is 12.0. The topological polar surface area (TPSA) is 68.1 Å². The van der Waals surface area contributed by atoms with E-state index in [1.165, 1.54) is 11.8 Å². The average Bonchev–Trinajstić information content (AvgIpc) is 2.25. The van der Waals surface area contributed by atoms with Crippen molar-refractivity contribution in [2.75, 3.05) is 6.61 Å². The van der Waals surface area contributed by atoms with Crippen LogP contribution in [0.4, 0.5) is 0 Å². The number of hydrogen-bond donors (Lipinski definition) is 1. The second-order valence-electron chi connectivity index (χ2n) is 3.58. The van der Waals surface area contributed by atoms with E-state index in [0.717, 1.165) is 6.42 Å². The predicted molar refractivity (Wildman–Crippen MR) is 67.6 cm³/mol. The molecular formula is C10H16ClN3O2S. The molecule has 1 rings (SSSR count). The fraction of sp³-hybridized carbons (Fsp3) is 0.700. The second-order valence-corrected chi connectivity index (χ2v) is 5.26. The third-order valence-corrected chi connectivity index (χ3v) is 3.30. The Morgan fingerprint density at radius 2 is 2.06 bits per heavy atom. The van der Waals surface area contributed by atoms with Crippen molar-refractivity contribution in [1.29, 1.82) is 0 Å². The van der Waals surface area contributed by atoms with E-state index in [1.807, 2.05) is 13.8 Å². The lowest BCUT2D eigenvalue weighted by Crippen LogP contribution is -2.15. The van der Waals surface area contributed by atoms with Crippen molar-refractivity contribution in [3.05, 3.63) is 5.28 Å². The number of aliphatic hydroxyl groups is 1. The number of nitrogens with zero attached hydrogens (tertiary/aromatic N) is 3. The summed E-state index contributed by atoms with van der Waals surface area (Å²) in [5, 5.41) is 9.95. The van der Waals surface area contributed by atoms with Gasteiger partial charge in [-0.25, -0.2) is 0 Å². The van der Waals surface area contributed by atoms with Gasteiger partial charge in [0.1, 0.15) is 0 Å². The van der Waals surface area contributed by atoms with Gasteiger partial charge in [-0.3, -0.25) is 0 Å². The number of thioether (sulfide) groups is 1. The summed E-state index contributed by atoms with van der Waals surface area (Å²) in [6, 6.07) is 0.229. The minimum Gasteiger partial charge on any atom is -0.463 e. The van der Waals surface area contributed by atoms with Crippen LogP contribution in [0.3, 0.4) is 0 Å². The predicted octanol–water partition coefficient (Wildman–Crippen LogP) is 2.18. The van der Waals surface area contributed by atoms with Crippen LogP contribution in [0.25, 0.3) is 0 Å². The van der Waals surface area contributed by atoms with Crippen LogP contribution in [-0.2, 0) is 0 Å². The molecular weight excluding hydrogens is 262 g/mol. The van der Waals surface area contributed by atoms with E-state index in [-0.39, 0.29) is 16.5 Å². The van der Waals surface area contributed by atoms with Crippen LogP contribution in [-0.4, -0.2) is 38.0 Å². The number of aliphatic hydroxyl groups excluding tert-OH is 1. The van der Waals surface area contributed by atoms with Gasteiger partial charge in [-0.2, -0.15) is 15.0 Å². The fourth-order valence-electron chi connectivity index (χ4n) is 0.890. The Morgan fingerprint density at radius 3 is 2.65 bits per heavy atom. The normalized spacial score (nSPS) is 14.4. The van der Waals surface area contributed by atoms with Gasteiger partial charge in [0, 0.05) is 5.25 Å². The molecule has 0 aromatic carbocycles. The molecule has 2 unspecified atom stereocenters. The van der Waals surface area contributed by atoms with Crippen LogP contribution in [0, 0.1) is 0 Å². The summed E-state index contributed by atoms with van der Waals surface area (Å²) >= 11 is 7.11. The SMILES string of the molecule is CCCOc1nc(Cl)nc(SC(C)C(C)O)n1. The summed E-state index contributed by atoms with van der Waals surface area (Å²) in [6.45, 7) is 6.14. The van der Waals surface area contributed by atoms with Crippen LogP contribution in [0.15, 0.2) is 5.16 Å². The van der Waals surface area contributed by atoms with E-state index in [4.69, 9.17) is 16.3 Å². The molecule has 0 aliphatic rings. The molecule has 0 spiro atoms. The Kier molecular flexibility index (Phi) is 5.94. The zero-order valence-corrected chi connectivity index (χ0v) is 11.6. The van der Waals surface area contributed by atoms with Gasteiger partial charge in [0.25, 0.3) is 0 Å². The Balaban J connectivity index is 2.74. The van der Waals surface area contributed by atoms with Gasteiger partial charge < -0.3 is 9.84 Å². The highest BCUT2D eigenvalue weighted by Crippen LogP contribution is 2.24. The molecule has 0 saturated carbocycles. The first-order valence-corrected chi connectivity index (χ1v) is 6.67. The quantitative estimate of drug-likeness (QED) is 0.804. The van der Waals surface area contributed by atoms with Crippen molar-refractivity contribution in [1.82, 2.24) is 15.0 Å². The maximum absolute atomic E-state index is 9.41. The van der Waals surface area contributed by atoms with Crippen molar-refractivity contribution in [2.45, 2.75) is 43.7 Å². The van der Waals surface area contributed by atoms with Crippen LogP contribution in [0.1, 0.15) is 27.2 Å². The summed E-state index contributed by atoms with van der Waals surface area (Å²) in [5.74, 6) is 0. The molecule has 0 radical (unpaired) electrons. The number of aromatic nitrogens is 3.